The van der Waals surface area contributed by atoms with Gasteiger partial charge in [-0.2, -0.15) is 0 Å². The van der Waals surface area contributed by atoms with Gasteiger partial charge in [-0.25, -0.2) is 0 Å². The van der Waals surface area contributed by atoms with Crippen molar-refractivity contribution in [1.82, 2.24) is 0 Å². The van der Waals surface area contributed by atoms with Crippen LogP contribution in [0.15, 0.2) is 22.7 Å². The fourth-order valence-corrected chi connectivity index (χ4v) is 2.25. The zero-order valence-electron chi connectivity index (χ0n) is 7.98. The number of halogens is 2. The summed E-state index contributed by atoms with van der Waals surface area (Å²) >= 11 is 8.88. The summed E-state index contributed by atoms with van der Waals surface area (Å²) in [6.45, 7) is 0. The largest absolute Gasteiger partial charge is 0.481 e. The summed E-state index contributed by atoms with van der Waals surface area (Å²) in [6.07, 6.45) is -0.463. The van der Waals surface area contributed by atoms with Crippen molar-refractivity contribution in [2.75, 3.05) is 0 Å². The van der Waals surface area contributed by atoms with Crippen LogP contribution in [0, 0.1) is 0 Å². The molecule has 0 spiro atoms. The van der Waals surface area contributed by atoms with Gasteiger partial charge in [0.2, 0.25) is 0 Å². The van der Waals surface area contributed by atoms with E-state index in [1.54, 1.807) is 0 Å². The van der Waals surface area contributed by atoms with Crippen molar-refractivity contribution in [2.24, 2.45) is 0 Å². The van der Waals surface area contributed by atoms with Gasteiger partial charge < -0.3 is 10.2 Å². The van der Waals surface area contributed by atoms with Crippen LogP contribution in [0.1, 0.15) is 17.9 Å². The zero-order valence-corrected chi connectivity index (χ0v) is 10.3. The molecule has 0 aliphatic rings. The molecule has 0 aliphatic carbocycles. The van der Waals surface area contributed by atoms with Crippen LogP contribution in [0.4, 0.5) is 0 Å². The molecule has 0 saturated carbocycles. The van der Waals surface area contributed by atoms with E-state index in [4.69, 9.17) is 21.8 Å². The molecule has 86 valence electrons. The summed E-state index contributed by atoms with van der Waals surface area (Å²) in [7, 11) is 0. The third kappa shape index (κ3) is 3.21. The van der Waals surface area contributed by atoms with Gasteiger partial charge in [0, 0.05) is 9.50 Å². The second-order valence-electron chi connectivity index (χ2n) is 3.15. The first-order valence-electron chi connectivity index (χ1n) is 4.31. The maximum absolute atomic E-state index is 11.0. The second-order valence-corrected chi connectivity index (χ2v) is 4.45. The Bertz CT molecular complexity index is 433. The van der Waals surface area contributed by atoms with Gasteiger partial charge in [0.15, 0.2) is 0 Å². The molecular weight excluding hydrogens is 299 g/mol. The molecule has 0 fully saturated rings. The van der Waals surface area contributed by atoms with E-state index in [1.807, 2.05) is 0 Å². The molecule has 0 aliphatic heterocycles. The first-order chi connectivity index (χ1) is 7.41. The Kier molecular flexibility index (Phi) is 4.32. The Labute approximate surface area is 105 Å². The average molecular weight is 308 g/mol. The lowest BCUT2D eigenvalue weighted by Crippen LogP contribution is -2.16. The Morgan fingerprint density at radius 1 is 1.38 bits per heavy atom. The highest BCUT2D eigenvalue weighted by molar-refractivity contribution is 9.10. The molecule has 0 radical (unpaired) electrons. The fourth-order valence-electron chi connectivity index (χ4n) is 1.29. The Morgan fingerprint density at radius 3 is 2.44 bits per heavy atom. The molecule has 4 nitrogen and oxygen atoms in total. The van der Waals surface area contributed by atoms with Crippen molar-refractivity contribution in [3.63, 3.8) is 0 Å². The van der Waals surface area contributed by atoms with Crippen molar-refractivity contribution >= 4 is 39.5 Å². The van der Waals surface area contributed by atoms with Gasteiger partial charge >= 0.3 is 11.9 Å². The molecule has 0 aromatic heterocycles. The smallest absolute Gasteiger partial charge is 0.311 e. The minimum Gasteiger partial charge on any atom is -0.481 e. The van der Waals surface area contributed by atoms with Crippen molar-refractivity contribution < 1.29 is 19.8 Å². The van der Waals surface area contributed by atoms with E-state index in [2.05, 4.69) is 15.9 Å². The molecule has 0 bridgehead atoms. The second kappa shape index (κ2) is 5.32. The minimum absolute atomic E-state index is 0.402. The lowest BCUT2D eigenvalue weighted by molar-refractivity contribution is -0.145. The standard InChI is InChI=1S/C10H8BrClO4/c11-8-3-5(12)1-2-6(8)7(10(15)16)4-9(13)14/h1-3,7H,4H2,(H,13,14)(H,15,16). The highest BCUT2D eigenvalue weighted by atomic mass is 79.9. The number of aliphatic carboxylic acids is 2. The molecule has 1 atom stereocenters. The van der Waals surface area contributed by atoms with Crippen LogP contribution in [0.2, 0.25) is 5.02 Å². The predicted molar refractivity (Wildman–Crippen MR) is 61.8 cm³/mol. The van der Waals surface area contributed by atoms with Crippen LogP contribution >= 0.6 is 27.5 Å². The van der Waals surface area contributed by atoms with E-state index >= 15 is 0 Å². The first kappa shape index (κ1) is 13.0. The molecule has 1 aromatic rings. The molecule has 0 heterocycles. The summed E-state index contributed by atoms with van der Waals surface area (Å²) in [4.78, 5) is 21.5. The van der Waals surface area contributed by atoms with Crippen LogP contribution < -0.4 is 0 Å². The summed E-state index contributed by atoms with van der Waals surface area (Å²) in [6, 6.07) is 4.57. The van der Waals surface area contributed by atoms with Gasteiger partial charge in [-0.15, -0.1) is 0 Å². The molecule has 0 amide bonds. The molecule has 1 unspecified atom stereocenters. The average Bonchev–Trinajstić information content (AvgIpc) is 2.14. The lowest BCUT2D eigenvalue weighted by Gasteiger charge is -2.12. The van der Waals surface area contributed by atoms with E-state index < -0.39 is 24.3 Å². The normalized spacial score (nSPS) is 12.1. The van der Waals surface area contributed by atoms with Crippen LogP contribution in [0.25, 0.3) is 0 Å². The van der Waals surface area contributed by atoms with Crippen molar-refractivity contribution in [1.29, 1.82) is 0 Å². The van der Waals surface area contributed by atoms with Crippen molar-refractivity contribution in [2.45, 2.75) is 12.3 Å². The minimum atomic E-state index is -1.18. The Hall–Kier alpha value is -1.07. The zero-order chi connectivity index (χ0) is 12.3. The van der Waals surface area contributed by atoms with E-state index in [-0.39, 0.29) is 0 Å². The Morgan fingerprint density at radius 2 is 2.00 bits per heavy atom. The molecule has 2 N–H and O–H groups in total. The number of rotatable bonds is 4. The highest BCUT2D eigenvalue weighted by Gasteiger charge is 2.25. The van der Waals surface area contributed by atoms with Crippen LogP contribution in [-0.2, 0) is 9.59 Å². The number of benzene rings is 1. The third-order valence-corrected chi connectivity index (χ3v) is 2.94. The first-order valence-corrected chi connectivity index (χ1v) is 5.48. The number of hydrogen-bond acceptors (Lipinski definition) is 2. The topological polar surface area (TPSA) is 74.6 Å². The maximum Gasteiger partial charge on any atom is 0.311 e. The SMILES string of the molecule is O=C(O)CC(C(=O)O)c1ccc(Cl)cc1Br. The van der Waals surface area contributed by atoms with Crippen molar-refractivity contribution in [3.8, 4) is 0 Å². The van der Waals surface area contributed by atoms with Gasteiger partial charge in [0.25, 0.3) is 0 Å². The van der Waals surface area contributed by atoms with E-state index in [0.29, 0.717) is 15.1 Å². The quantitative estimate of drug-likeness (QED) is 0.897. The van der Waals surface area contributed by atoms with Crippen molar-refractivity contribution in [3.05, 3.63) is 33.3 Å². The fraction of sp³-hybridized carbons (Fsp3) is 0.200. The van der Waals surface area contributed by atoms with Gasteiger partial charge in [-0.1, -0.05) is 33.6 Å². The van der Waals surface area contributed by atoms with Gasteiger partial charge in [-0.3, -0.25) is 9.59 Å². The maximum atomic E-state index is 11.0. The number of carboxylic acid groups (broad SMARTS) is 2. The molecule has 1 aromatic carbocycles. The van der Waals surface area contributed by atoms with Gasteiger partial charge in [0.1, 0.15) is 0 Å². The molecule has 0 saturated heterocycles. The summed E-state index contributed by atoms with van der Waals surface area (Å²) < 4.78 is 0.494. The number of hydrogen-bond donors (Lipinski definition) is 2. The van der Waals surface area contributed by atoms with Gasteiger partial charge in [-0.05, 0) is 17.7 Å². The van der Waals surface area contributed by atoms with E-state index in [9.17, 15) is 9.59 Å². The lowest BCUT2D eigenvalue weighted by atomic mass is 9.96. The summed E-state index contributed by atoms with van der Waals surface area (Å²) in [5, 5.41) is 18.0. The Balaban J connectivity index is 3.10. The van der Waals surface area contributed by atoms with E-state index in [0.717, 1.165) is 0 Å². The summed E-state index contributed by atoms with van der Waals surface area (Å²) in [5.41, 5.74) is 0.402. The highest BCUT2D eigenvalue weighted by Crippen LogP contribution is 2.30. The molecular formula is C10H8BrClO4. The monoisotopic (exact) mass is 306 g/mol. The molecule has 6 heteroatoms. The predicted octanol–water partition coefficient (Wildman–Crippen LogP) is 2.75. The molecule has 1 rings (SSSR count). The van der Waals surface area contributed by atoms with Crippen LogP contribution in [0.3, 0.4) is 0 Å². The summed E-state index contributed by atoms with van der Waals surface area (Å²) in [5.74, 6) is -3.41. The molecule has 16 heavy (non-hydrogen) atoms. The van der Waals surface area contributed by atoms with E-state index in [1.165, 1.54) is 18.2 Å². The van der Waals surface area contributed by atoms with Crippen LogP contribution in [0.5, 0.6) is 0 Å². The van der Waals surface area contributed by atoms with Crippen LogP contribution in [-0.4, -0.2) is 22.2 Å². The number of carboxylic acids is 2. The number of carbonyl (C=O) groups is 2. The van der Waals surface area contributed by atoms with Gasteiger partial charge in [0.05, 0.1) is 12.3 Å². The third-order valence-electron chi connectivity index (χ3n) is 2.01.